The van der Waals surface area contributed by atoms with Crippen LogP contribution in [0.5, 0.6) is 5.75 Å². The molecule has 1 amide bonds. The number of ketones is 1. The van der Waals surface area contributed by atoms with Crippen LogP contribution >= 0.6 is 0 Å². The van der Waals surface area contributed by atoms with Gasteiger partial charge in [-0.25, -0.2) is 0 Å². The second-order valence-electron chi connectivity index (χ2n) is 9.76. The second kappa shape index (κ2) is 10.1. The molecule has 0 radical (unpaired) electrons. The average molecular weight is 499 g/mol. The Balaban J connectivity index is 1.54. The number of amides is 1. The van der Waals surface area contributed by atoms with E-state index in [9.17, 15) is 14.7 Å². The van der Waals surface area contributed by atoms with E-state index in [1.807, 2.05) is 43.3 Å². The normalized spacial score (nSPS) is 20.4. The number of hydrogen-bond acceptors (Lipinski definition) is 7. The van der Waals surface area contributed by atoms with Gasteiger partial charge in [0.25, 0.3) is 5.78 Å². The number of aliphatic hydroxyl groups excluding tert-OH is 1. The van der Waals surface area contributed by atoms with Crippen molar-refractivity contribution < 1.29 is 19.4 Å². The Morgan fingerprint density at radius 1 is 0.919 bits per heavy atom. The number of carbonyl (C=O) groups excluding carboxylic acids is 2. The number of anilines is 1. The standard InChI is InChI=1S/C29H30N4O4/c1-18-4-7-21(8-5-18)27(34)25-26(33(29(36)28(25)35)24-13-6-19(2)30-31-24)20-9-11-22(12-10-20)37-23-14-16-32(3)17-15-23/h4-13,23,26,34H,14-17H2,1-3H3. The van der Waals surface area contributed by atoms with Gasteiger partial charge in [-0.3, -0.25) is 14.5 Å². The summed E-state index contributed by atoms with van der Waals surface area (Å²) in [7, 11) is 2.11. The molecule has 2 aliphatic rings. The molecule has 2 saturated heterocycles. The van der Waals surface area contributed by atoms with Crippen LogP contribution in [0.15, 0.2) is 66.2 Å². The van der Waals surface area contributed by atoms with Crippen LogP contribution in [-0.4, -0.2) is 58.1 Å². The van der Waals surface area contributed by atoms with Crippen molar-refractivity contribution in [3.05, 3.63) is 88.6 Å². The SMILES string of the molecule is Cc1ccc(C(O)=C2C(=O)C(=O)N(c3ccc(C)nn3)C2c2ccc(OC3CCN(C)CC3)cc2)cc1. The van der Waals surface area contributed by atoms with E-state index in [2.05, 4.69) is 22.1 Å². The number of aliphatic hydroxyl groups is 1. The van der Waals surface area contributed by atoms with Crippen molar-refractivity contribution in [3.63, 3.8) is 0 Å². The fraction of sp³-hybridized carbons (Fsp3) is 0.310. The smallest absolute Gasteiger partial charge is 0.301 e. The highest BCUT2D eigenvalue weighted by molar-refractivity contribution is 6.51. The lowest BCUT2D eigenvalue weighted by molar-refractivity contribution is -0.132. The van der Waals surface area contributed by atoms with E-state index in [4.69, 9.17) is 4.74 Å². The van der Waals surface area contributed by atoms with Gasteiger partial charge in [-0.15, -0.1) is 5.10 Å². The monoisotopic (exact) mass is 498 g/mol. The summed E-state index contributed by atoms with van der Waals surface area (Å²) in [4.78, 5) is 30.1. The highest BCUT2D eigenvalue weighted by Gasteiger charge is 2.47. The lowest BCUT2D eigenvalue weighted by Gasteiger charge is -2.29. The molecule has 8 nitrogen and oxygen atoms in total. The lowest BCUT2D eigenvalue weighted by atomic mass is 9.95. The number of aryl methyl sites for hydroxylation is 2. The van der Waals surface area contributed by atoms with E-state index >= 15 is 0 Å². The van der Waals surface area contributed by atoms with Crippen molar-refractivity contribution in [1.82, 2.24) is 15.1 Å². The van der Waals surface area contributed by atoms with Gasteiger partial charge >= 0.3 is 5.91 Å². The zero-order valence-electron chi connectivity index (χ0n) is 21.2. The van der Waals surface area contributed by atoms with E-state index in [0.717, 1.165) is 37.2 Å². The van der Waals surface area contributed by atoms with Gasteiger partial charge in [0.05, 0.1) is 17.3 Å². The molecule has 0 bridgehead atoms. The summed E-state index contributed by atoms with van der Waals surface area (Å²) >= 11 is 0. The Labute approximate surface area is 216 Å². The van der Waals surface area contributed by atoms with Gasteiger partial charge in [0, 0.05) is 18.7 Å². The van der Waals surface area contributed by atoms with Crippen LogP contribution in [0.3, 0.4) is 0 Å². The third-order valence-corrected chi connectivity index (χ3v) is 6.96. The average Bonchev–Trinajstić information content (AvgIpc) is 3.16. The van der Waals surface area contributed by atoms with E-state index in [-0.39, 0.29) is 23.3 Å². The third kappa shape index (κ3) is 4.97. The van der Waals surface area contributed by atoms with Gasteiger partial charge in [0.2, 0.25) is 0 Å². The first-order chi connectivity index (χ1) is 17.8. The predicted molar refractivity (Wildman–Crippen MR) is 140 cm³/mol. The molecule has 0 spiro atoms. The largest absolute Gasteiger partial charge is 0.507 e. The van der Waals surface area contributed by atoms with Crippen molar-refractivity contribution in [2.24, 2.45) is 0 Å². The number of nitrogens with zero attached hydrogens (tertiary/aromatic N) is 4. The van der Waals surface area contributed by atoms with Gasteiger partial charge in [0.15, 0.2) is 5.82 Å². The van der Waals surface area contributed by atoms with Crippen LogP contribution in [0, 0.1) is 13.8 Å². The highest BCUT2D eigenvalue weighted by atomic mass is 16.5. The molecule has 2 fully saturated rings. The number of rotatable bonds is 5. The second-order valence-corrected chi connectivity index (χ2v) is 9.76. The first-order valence-electron chi connectivity index (χ1n) is 12.5. The van der Waals surface area contributed by atoms with E-state index in [1.54, 1.807) is 31.2 Å². The first-order valence-corrected chi connectivity index (χ1v) is 12.5. The van der Waals surface area contributed by atoms with Crippen molar-refractivity contribution in [1.29, 1.82) is 0 Å². The first kappa shape index (κ1) is 24.6. The molecular weight excluding hydrogens is 468 g/mol. The molecule has 3 heterocycles. The summed E-state index contributed by atoms with van der Waals surface area (Å²) in [5.74, 6) is -0.783. The molecule has 1 N–H and O–H groups in total. The number of Topliss-reactive ketones (excluding diaryl/α,β-unsaturated/α-hetero) is 1. The molecule has 2 aliphatic heterocycles. The number of carbonyl (C=O) groups is 2. The molecule has 8 heteroatoms. The Kier molecular flexibility index (Phi) is 6.76. The summed E-state index contributed by atoms with van der Waals surface area (Å²) in [5.41, 5.74) is 2.84. The Morgan fingerprint density at radius 2 is 1.59 bits per heavy atom. The Morgan fingerprint density at radius 3 is 2.22 bits per heavy atom. The molecule has 1 aromatic heterocycles. The van der Waals surface area contributed by atoms with Crippen molar-refractivity contribution >= 4 is 23.3 Å². The third-order valence-electron chi connectivity index (χ3n) is 6.96. The van der Waals surface area contributed by atoms with Crippen LogP contribution < -0.4 is 9.64 Å². The van der Waals surface area contributed by atoms with Gasteiger partial charge < -0.3 is 14.7 Å². The number of hydrogen-bond donors (Lipinski definition) is 1. The van der Waals surface area contributed by atoms with Crippen LogP contribution in [0.1, 0.15) is 41.3 Å². The summed E-state index contributed by atoms with van der Waals surface area (Å²) in [5, 5.41) is 19.5. The summed E-state index contributed by atoms with van der Waals surface area (Å²) in [6, 6.07) is 17.0. The van der Waals surface area contributed by atoms with Crippen molar-refractivity contribution in [3.8, 4) is 5.75 Å². The molecule has 1 unspecified atom stereocenters. The maximum absolute atomic E-state index is 13.3. The van der Waals surface area contributed by atoms with E-state index in [0.29, 0.717) is 16.8 Å². The zero-order chi connectivity index (χ0) is 26.1. The minimum absolute atomic E-state index is 0.0141. The minimum atomic E-state index is -0.865. The van der Waals surface area contributed by atoms with Crippen LogP contribution in [0.2, 0.25) is 0 Å². The number of benzene rings is 2. The molecular formula is C29H30N4O4. The predicted octanol–water partition coefficient (Wildman–Crippen LogP) is 4.19. The zero-order valence-corrected chi connectivity index (χ0v) is 21.2. The quantitative estimate of drug-likeness (QED) is 0.320. The van der Waals surface area contributed by atoms with Gasteiger partial charge in [-0.2, -0.15) is 5.10 Å². The van der Waals surface area contributed by atoms with Crippen molar-refractivity contribution in [2.75, 3.05) is 25.0 Å². The van der Waals surface area contributed by atoms with Gasteiger partial charge in [-0.05, 0) is 63.6 Å². The van der Waals surface area contributed by atoms with Crippen molar-refractivity contribution in [2.45, 2.75) is 38.8 Å². The number of aromatic nitrogens is 2. The number of ether oxygens (including phenoxy) is 1. The van der Waals surface area contributed by atoms with Gasteiger partial charge in [-0.1, -0.05) is 42.0 Å². The molecule has 5 rings (SSSR count). The van der Waals surface area contributed by atoms with Crippen LogP contribution in [-0.2, 0) is 9.59 Å². The van der Waals surface area contributed by atoms with Crippen LogP contribution in [0.25, 0.3) is 5.76 Å². The molecule has 37 heavy (non-hydrogen) atoms. The molecule has 190 valence electrons. The fourth-order valence-corrected chi connectivity index (χ4v) is 4.80. The topological polar surface area (TPSA) is 95.9 Å². The molecule has 0 saturated carbocycles. The van der Waals surface area contributed by atoms with Gasteiger partial charge in [0.1, 0.15) is 17.6 Å². The molecule has 1 atom stereocenters. The Bertz CT molecular complexity index is 1330. The maximum atomic E-state index is 13.3. The summed E-state index contributed by atoms with van der Waals surface area (Å²) in [6.07, 6.45) is 2.07. The highest BCUT2D eigenvalue weighted by Crippen LogP contribution is 2.42. The molecule has 2 aromatic carbocycles. The van der Waals surface area contributed by atoms with Crippen LogP contribution in [0.4, 0.5) is 5.82 Å². The fourth-order valence-electron chi connectivity index (χ4n) is 4.80. The van der Waals surface area contributed by atoms with E-state index in [1.165, 1.54) is 4.90 Å². The Hall–Kier alpha value is -4.04. The lowest BCUT2D eigenvalue weighted by Crippen LogP contribution is -2.35. The minimum Gasteiger partial charge on any atom is -0.507 e. The number of piperidine rings is 1. The molecule has 0 aliphatic carbocycles. The number of likely N-dealkylation sites (tertiary alicyclic amines) is 1. The maximum Gasteiger partial charge on any atom is 0.301 e. The molecule has 3 aromatic rings. The summed E-state index contributed by atoms with van der Waals surface area (Å²) < 4.78 is 6.19. The summed E-state index contributed by atoms with van der Waals surface area (Å²) in [6.45, 7) is 5.72. The van der Waals surface area contributed by atoms with E-state index < -0.39 is 17.7 Å².